The maximum absolute atomic E-state index is 11.1. The topological polar surface area (TPSA) is 68.1 Å². The maximum atomic E-state index is 11.1. The van der Waals surface area contributed by atoms with E-state index in [4.69, 9.17) is 0 Å². The highest BCUT2D eigenvalue weighted by Gasteiger charge is 2.22. The van der Waals surface area contributed by atoms with Gasteiger partial charge in [-0.25, -0.2) is 0 Å². The zero-order valence-electron chi connectivity index (χ0n) is 12.1. The highest BCUT2D eigenvalue weighted by molar-refractivity contribution is 5.99. The Bertz CT molecular complexity index is 666. The second-order valence-electron chi connectivity index (χ2n) is 5.79. The minimum absolute atomic E-state index is 0.131. The number of fused-ring (bicyclic) bond motifs is 1. The number of hydrogen-bond acceptors (Lipinski definition) is 4. The van der Waals surface area contributed by atoms with Crippen molar-refractivity contribution in [2.24, 2.45) is 5.92 Å². The predicted octanol–water partition coefficient (Wildman–Crippen LogP) is 4.13. The Labute approximate surface area is 123 Å². The van der Waals surface area contributed by atoms with Crippen molar-refractivity contribution in [3.63, 3.8) is 0 Å². The second kappa shape index (κ2) is 5.68. The third kappa shape index (κ3) is 2.68. The van der Waals surface area contributed by atoms with Gasteiger partial charge in [-0.2, -0.15) is 0 Å². The van der Waals surface area contributed by atoms with Crippen LogP contribution in [0.15, 0.2) is 30.6 Å². The summed E-state index contributed by atoms with van der Waals surface area (Å²) in [6, 6.07) is 5.45. The maximum Gasteiger partial charge on any atom is 0.277 e. The summed E-state index contributed by atoms with van der Waals surface area (Å²) in [6.45, 7) is 2.19. The van der Waals surface area contributed by atoms with E-state index in [-0.39, 0.29) is 10.6 Å². The van der Waals surface area contributed by atoms with Crippen LogP contribution in [-0.2, 0) is 0 Å². The standard InChI is InChI=1S/C16H19N3O2/c1-11(12-4-2-3-5-12)18-15-6-7-16(19(20)21)13-8-9-17-10-14(13)15/h6-12,18H,2-5H2,1H3. The molecule has 5 heteroatoms. The van der Waals surface area contributed by atoms with Crippen LogP contribution in [0.25, 0.3) is 10.8 Å². The molecule has 21 heavy (non-hydrogen) atoms. The SMILES string of the molecule is CC(Nc1ccc([N+](=O)[O-])c2ccncc12)C1CCCC1. The third-order valence-electron chi connectivity index (χ3n) is 4.48. The molecule has 1 saturated carbocycles. The smallest absolute Gasteiger partial charge is 0.277 e. The summed E-state index contributed by atoms with van der Waals surface area (Å²) < 4.78 is 0. The summed E-state index contributed by atoms with van der Waals surface area (Å²) >= 11 is 0. The Morgan fingerprint density at radius 1 is 1.29 bits per heavy atom. The first kappa shape index (κ1) is 13.8. The number of benzene rings is 1. The Morgan fingerprint density at radius 2 is 2.05 bits per heavy atom. The molecule has 1 N–H and O–H groups in total. The summed E-state index contributed by atoms with van der Waals surface area (Å²) in [7, 11) is 0. The van der Waals surface area contributed by atoms with Gasteiger partial charge in [0.25, 0.3) is 5.69 Å². The van der Waals surface area contributed by atoms with Crippen LogP contribution in [0.5, 0.6) is 0 Å². The van der Waals surface area contributed by atoms with Crippen LogP contribution in [0.4, 0.5) is 11.4 Å². The zero-order chi connectivity index (χ0) is 14.8. The fraction of sp³-hybridized carbons (Fsp3) is 0.438. The van der Waals surface area contributed by atoms with Gasteiger partial charge in [0.2, 0.25) is 0 Å². The molecule has 0 bridgehead atoms. The molecular formula is C16H19N3O2. The number of non-ortho nitro benzene ring substituents is 1. The monoisotopic (exact) mass is 285 g/mol. The zero-order valence-corrected chi connectivity index (χ0v) is 12.1. The molecule has 110 valence electrons. The summed E-state index contributed by atoms with van der Waals surface area (Å²) in [5.74, 6) is 0.687. The van der Waals surface area contributed by atoms with E-state index >= 15 is 0 Å². The van der Waals surface area contributed by atoms with E-state index < -0.39 is 0 Å². The number of rotatable bonds is 4. The van der Waals surface area contributed by atoms with Crippen LogP contribution in [-0.4, -0.2) is 15.9 Å². The van der Waals surface area contributed by atoms with Crippen molar-refractivity contribution < 1.29 is 4.92 Å². The molecule has 1 aromatic heterocycles. The van der Waals surface area contributed by atoms with Gasteiger partial charge in [-0.05, 0) is 37.8 Å². The normalized spacial score (nSPS) is 17.0. The van der Waals surface area contributed by atoms with E-state index in [1.165, 1.54) is 25.7 Å². The highest BCUT2D eigenvalue weighted by Crippen LogP contribution is 2.34. The molecule has 2 aromatic rings. The molecule has 1 unspecified atom stereocenters. The number of nitrogens with one attached hydrogen (secondary N) is 1. The van der Waals surface area contributed by atoms with Crippen molar-refractivity contribution in [3.05, 3.63) is 40.7 Å². The van der Waals surface area contributed by atoms with E-state index in [0.717, 1.165) is 11.1 Å². The number of nitrogens with zero attached hydrogens (tertiary/aromatic N) is 2. The number of nitro groups is 1. The van der Waals surface area contributed by atoms with E-state index in [9.17, 15) is 10.1 Å². The van der Waals surface area contributed by atoms with Gasteiger partial charge < -0.3 is 5.32 Å². The predicted molar refractivity (Wildman–Crippen MR) is 83.4 cm³/mol. The van der Waals surface area contributed by atoms with Gasteiger partial charge in [0, 0.05) is 35.6 Å². The van der Waals surface area contributed by atoms with Gasteiger partial charge in [-0.3, -0.25) is 15.1 Å². The van der Waals surface area contributed by atoms with E-state index in [1.807, 2.05) is 0 Å². The first-order valence-corrected chi connectivity index (χ1v) is 7.44. The molecule has 0 amide bonds. The first-order valence-electron chi connectivity index (χ1n) is 7.44. The fourth-order valence-corrected chi connectivity index (χ4v) is 3.28. The summed E-state index contributed by atoms with van der Waals surface area (Å²) in [5.41, 5.74) is 1.06. The summed E-state index contributed by atoms with van der Waals surface area (Å²) in [4.78, 5) is 14.9. The minimum Gasteiger partial charge on any atom is -0.382 e. The molecule has 0 radical (unpaired) electrons. The largest absolute Gasteiger partial charge is 0.382 e. The van der Waals surface area contributed by atoms with Gasteiger partial charge in [0.05, 0.1) is 10.3 Å². The van der Waals surface area contributed by atoms with Crippen LogP contribution in [0, 0.1) is 16.0 Å². The van der Waals surface area contributed by atoms with Crippen molar-refractivity contribution in [2.45, 2.75) is 38.6 Å². The molecule has 5 nitrogen and oxygen atoms in total. The number of nitro benzene ring substituents is 1. The lowest BCUT2D eigenvalue weighted by Crippen LogP contribution is -2.23. The van der Waals surface area contributed by atoms with Gasteiger partial charge in [0.15, 0.2) is 0 Å². The molecule has 1 aliphatic carbocycles. The molecule has 0 saturated heterocycles. The first-order chi connectivity index (χ1) is 10.2. The Balaban J connectivity index is 1.95. The van der Waals surface area contributed by atoms with Crippen LogP contribution in [0.1, 0.15) is 32.6 Å². The van der Waals surface area contributed by atoms with Crippen molar-refractivity contribution in [1.82, 2.24) is 4.98 Å². The Morgan fingerprint density at radius 3 is 2.76 bits per heavy atom. The van der Waals surface area contributed by atoms with Gasteiger partial charge in [-0.1, -0.05) is 12.8 Å². The number of anilines is 1. The molecule has 0 spiro atoms. The second-order valence-corrected chi connectivity index (χ2v) is 5.79. The quantitative estimate of drug-likeness (QED) is 0.677. The molecule has 1 atom stereocenters. The average Bonchev–Trinajstić information content (AvgIpc) is 3.01. The molecule has 1 aromatic carbocycles. The lowest BCUT2D eigenvalue weighted by Gasteiger charge is -2.22. The molecule has 0 aliphatic heterocycles. The summed E-state index contributed by atoms with van der Waals surface area (Å²) in [5, 5.41) is 16.1. The van der Waals surface area contributed by atoms with Gasteiger partial charge >= 0.3 is 0 Å². The van der Waals surface area contributed by atoms with Crippen LogP contribution >= 0.6 is 0 Å². The average molecular weight is 285 g/mol. The van der Waals surface area contributed by atoms with E-state index in [0.29, 0.717) is 17.3 Å². The molecule has 3 rings (SSSR count). The number of aromatic nitrogens is 1. The van der Waals surface area contributed by atoms with E-state index in [1.54, 1.807) is 30.6 Å². The van der Waals surface area contributed by atoms with Crippen LogP contribution in [0.2, 0.25) is 0 Å². The lowest BCUT2D eigenvalue weighted by molar-refractivity contribution is -0.383. The van der Waals surface area contributed by atoms with Crippen LogP contribution < -0.4 is 5.32 Å². The lowest BCUT2D eigenvalue weighted by atomic mass is 9.99. The van der Waals surface area contributed by atoms with E-state index in [2.05, 4.69) is 17.2 Å². The van der Waals surface area contributed by atoms with Crippen LogP contribution in [0.3, 0.4) is 0 Å². The minimum atomic E-state index is -0.341. The van der Waals surface area contributed by atoms with Gasteiger partial charge in [0.1, 0.15) is 0 Å². The molecular weight excluding hydrogens is 266 g/mol. The molecule has 1 fully saturated rings. The summed E-state index contributed by atoms with van der Waals surface area (Å²) in [6.07, 6.45) is 8.43. The Kier molecular flexibility index (Phi) is 3.73. The molecule has 1 aliphatic rings. The van der Waals surface area contributed by atoms with Crippen molar-refractivity contribution >= 4 is 22.1 Å². The van der Waals surface area contributed by atoms with Crippen molar-refractivity contribution in [3.8, 4) is 0 Å². The Hall–Kier alpha value is -2.17. The van der Waals surface area contributed by atoms with Crippen molar-refractivity contribution in [1.29, 1.82) is 0 Å². The van der Waals surface area contributed by atoms with Crippen molar-refractivity contribution in [2.75, 3.05) is 5.32 Å². The number of hydrogen-bond donors (Lipinski definition) is 1. The fourth-order valence-electron chi connectivity index (χ4n) is 3.28. The highest BCUT2D eigenvalue weighted by atomic mass is 16.6. The molecule has 1 heterocycles. The van der Waals surface area contributed by atoms with Gasteiger partial charge in [-0.15, -0.1) is 0 Å². The number of pyridine rings is 1. The third-order valence-corrected chi connectivity index (χ3v) is 4.48.